The number of carbonyl (C=O) groups is 3. The SMILES string of the molecule is CC(C)(C)[C@H](NC(=O)C(F)(F)F)C(=O)N1C[C@@H]2[C@H]3C[C@@H]([C@@H]2[C@H]1C(=O)NC(C#N)c1cncc2c1OCCO2)[C@H](F)C3. The van der Waals surface area contributed by atoms with Crippen molar-refractivity contribution in [1.29, 1.82) is 5.26 Å². The van der Waals surface area contributed by atoms with Gasteiger partial charge in [-0.05, 0) is 41.9 Å². The van der Waals surface area contributed by atoms with Gasteiger partial charge in [-0.15, -0.1) is 0 Å². The van der Waals surface area contributed by atoms with Crippen LogP contribution in [-0.4, -0.2) is 71.8 Å². The molecule has 1 aromatic rings. The van der Waals surface area contributed by atoms with Crippen LogP contribution in [0.25, 0.3) is 0 Å². The Hall–Kier alpha value is -3.63. The molecule has 0 spiro atoms. The summed E-state index contributed by atoms with van der Waals surface area (Å²) in [4.78, 5) is 44.9. The van der Waals surface area contributed by atoms with E-state index in [4.69, 9.17) is 9.47 Å². The molecule has 1 saturated heterocycles. The molecule has 2 saturated carbocycles. The second kappa shape index (κ2) is 10.3. The molecular formula is C27H31F4N5O5. The van der Waals surface area contributed by atoms with Crippen LogP contribution in [0.1, 0.15) is 45.2 Å². The van der Waals surface area contributed by atoms with E-state index < -0.39 is 65.4 Å². The monoisotopic (exact) mass is 581 g/mol. The second-order valence-electron chi connectivity index (χ2n) is 12.2. The summed E-state index contributed by atoms with van der Waals surface area (Å²) in [7, 11) is 0. The third-order valence-corrected chi connectivity index (χ3v) is 8.67. The summed E-state index contributed by atoms with van der Waals surface area (Å²) in [5.74, 6) is -4.80. The first-order chi connectivity index (χ1) is 19.2. The number of likely N-dealkylation sites (tertiary alicyclic amines) is 1. The van der Waals surface area contributed by atoms with Crippen molar-refractivity contribution in [2.45, 2.75) is 64.1 Å². The Bertz CT molecular complexity index is 1280. The van der Waals surface area contributed by atoms with Gasteiger partial charge in [0.25, 0.3) is 0 Å². The molecule has 3 fully saturated rings. The molecule has 3 heterocycles. The van der Waals surface area contributed by atoms with Crippen LogP contribution in [0, 0.1) is 40.4 Å². The summed E-state index contributed by atoms with van der Waals surface area (Å²) in [5.41, 5.74) is -0.925. The predicted molar refractivity (Wildman–Crippen MR) is 133 cm³/mol. The zero-order chi connectivity index (χ0) is 29.9. The third kappa shape index (κ3) is 5.15. The Labute approximate surface area is 233 Å². The quantitative estimate of drug-likeness (QED) is 0.511. The fourth-order valence-corrected chi connectivity index (χ4v) is 6.91. The van der Waals surface area contributed by atoms with Gasteiger partial charge in [0.15, 0.2) is 11.5 Å². The lowest BCUT2D eigenvalue weighted by Gasteiger charge is -2.37. The predicted octanol–water partition coefficient (Wildman–Crippen LogP) is 2.45. The van der Waals surface area contributed by atoms with Crippen molar-refractivity contribution in [3.05, 3.63) is 18.0 Å². The first kappa shape index (κ1) is 28.9. The van der Waals surface area contributed by atoms with Crippen molar-refractivity contribution in [2.24, 2.45) is 29.1 Å². The molecule has 14 heteroatoms. The number of hydrogen-bond acceptors (Lipinski definition) is 7. The first-order valence-electron chi connectivity index (χ1n) is 13.5. The molecule has 1 aromatic heterocycles. The van der Waals surface area contributed by atoms with E-state index >= 15 is 0 Å². The summed E-state index contributed by atoms with van der Waals surface area (Å²) in [6.07, 6.45) is -2.82. The smallest absolute Gasteiger partial charge is 0.471 e. The van der Waals surface area contributed by atoms with E-state index in [-0.39, 0.29) is 49.3 Å². The van der Waals surface area contributed by atoms with Crippen LogP contribution in [-0.2, 0) is 14.4 Å². The summed E-state index contributed by atoms with van der Waals surface area (Å²) in [6, 6.07) is -2.15. The molecule has 2 bridgehead atoms. The van der Waals surface area contributed by atoms with Crippen molar-refractivity contribution in [3.8, 4) is 17.6 Å². The summed E-state index contributed by atoms with van der Waals surface area (Å²) in [6.45, 7) is 5.01. The lowest BCUT2D eigenvalue weighted by atomic mass is 9.77. The van der Waals surface area contributed by atoms with Crippen LogP contribution in [0.4, 0.5) is 17.6 Å². The Morgan fingerprint density at radius 1 is 1.10 bits per heavy atom. The van der Waals surface area contributed by atoms with E-state index in [1.54, 1.807) is 5.32 Å². The van der Waals surface area contributed by atoms with Crippen LogP contribution >= 0.6 is 0 Å². The average molecular weight is 582 g/mol. The highest BCUT2D eigenvalue weighted by Crippen LogP contribution is 2.58. The molecule has 3 amide bonds. The van der Waals surface area contributed by atoms with Crippen molar-refractivity contribution in [2.75, 3.05) is 19.8 Å². The minimum Gasteiger partial charge on any atom is -0.486 e. The van der Waals surface area contributed by atoms with Crippen molar-refractivity contribution in [3.63, 3.8) is 0 Å². The normalized spacial score (nSPS) is 29.8. The van der Waals surface area contributed by atoms with Crippen molar-refractivity contribution >= 4 is 17.7 Å². The molecule has 10 nitrogen and oxygen atoms in total. The number of fused-ring (bicyclic) bond motifs is 6. The molecule has 222 valence electrons. The molecule has 5 rings (SSSR count). The largest absolute Gasteiger partial charge is 0.486 e. The van der Waals surface area contributed by atoms with E-state index in [1.807, 2.05) is 6.07 Å². The number of amides is 3. The maximum Gasteiger partial charge on any atom is 0.471 e. The molecule has 0 aromatic carbocycles. The van der Waals surface area contributed by atoms with Gasteiger partial charge < -0.3 is 25.0 Å². The fraction of sp³-hybridized carbons (Fsp3) is 0.667. The molecule has 8 atom stereocenters. The number of nitrogens with zero attached hydrogens (tertiary/aromatic N) is 3. The molecule has 2 aliphatic heterocycles. The number of nitrogens with one attached hydrogen (secondary N) is 2. The maximum atomic E-state index is 14.9. The molecule has 41 heavy (non-hydrogen) atoms. The Balaban J connectivity index is 1.47. The number of hydrogen-bond donors (Lipinski definition) is 2. The highest BCUT2D eigenvalue weighted by Gasteiger charge is 2.63. The van der Waals surface area contributed by atoms with Crippen LogP contribution in [0.3, 0.4) is 0 Å². The highest BCUT2D eigenvalue weighted by atomic mass is 19.4. The number of carbonyl (C=O) groups excluding carboxylic acids is 3. The van der Waals surface area contributed by atoms with Gasteiger partial charge in [0.2, 0.25) is 11.8 Å². The van der Waals surface area contributed by atoms with E-state index in [2.05, 4.69) is 10.3 Å². The third-order valence-electron chi connectivity index (χ3n) is 8.67. The van der Waals surface area contributed by atoms with Gasteiger partial charge in [-0.1, -0.05) is 20.8 Å². The van der Waals surface area contributed by atoms with Crippen LogP contribution < -0.4 is 20.1 Å². The standard InChI is InChI=1S/C27H31F4N5O5/c1-26(2,3)22(35-25(39)27(29,30)31)24(38)36-11-15-12-6-13(16(28)7-12)19(15)20(36)23(37)34-17(8-32)14-9-33-10-18-21(14)41-5-4-40-18/h9-10,12-13,15-17,19-20,22H,4-7,11H2,1-3H3,(H,34,37)(H,35,39)/t12-,13+,15+,16+,17?,19-,20-,22+/m0/s1. The lowest BCUT2D eigenvalue weighted by molar-refractivity contribution is -0.176. The van der Waals surface area contributed by atoms with E-state index in [1.165, 1.54) is 38.1 Å². The topological polar surface area (TPSA) is 134 Å². The maximum absolute atomic E-state index is 14.9. The number of nitriles is 1. The van der Waals surface area contributed by atoms with Crippen LogP contribution in [0.15, 0.2) is 12.4 Å². The summed E-state index contributed by atoms with van der Waals surface area (Å²) < 4.78 is 65.6. The zero-order valence-corrected chi connectivity index (χ0v) is 22.7. The summed E-state index contributed by atoms with van der Waals surface area (Å²) in [5, 5.41) is 14.4. The van der Waals surface area contributed by atoms with E-state index in [0.29, 0.717) is 12.2 Å². The number of ether oxygens (including phenoxy) is 2. The van der Waals surface area contributed by atoms with Gasteiger partial charge in [-0.3, -0.25) is 19.4 Å². The van der Waals surface area contributed by atoms with Crippen LogP contribution in [0.5, 0.6) is 11.5 Å². The molecule has 4 aliphatic rings. The number of alkyl halides is 4. The number of halogens is 4. The number of pyridine rings is 1. The van der Waals surface area contributed by atoms with E-state index in [0.717, 1.165) is 0 Å². The highest BCUT2D eigenvalue weighted by molar-refractivity contribution is 5.94. The van der Waals surface area contributed by atoms with Crippen molar-refractivity contribution < 1.29 is 41.4 Å². The van der Waals surface area contributed by atoms with E-state index in [9.17, 15) is 37.2 Å². The Morgan fingerprint density at radius 2 is 1.80 bits per heavy atom. The Morgan fingerprint density at radius 3 is 2.46 bits per heavy atom. The van der Waals surface area contributed by atoms with Gasteiger partial charge in [-0.25, -0.2) is 4.39 Å². The molecular weight excluding hydrogens is 550 g/mol. The number of rotatable bonds is 5. The molecule has 2 N–H and O–H groups in total. The minimum atomic E-state index is -5.22. The molecule has 0 radical (unpaired) electrons. The van der Waals surface area contributed by atoms with Gasteiger partial charge in [0, 0.05) is 12.7 Å². The van der Waals surface area contributed by atoms with Crippen LogP contribution in [0.2, 0.25) is 0 Å². The average Bonchev–Trinajstić information content (AvgIpc) is 3.58. The number of aromatic nitrogens is 1. The fourth-order valence-electron chi connectivity index (χ4n) is 6.91. The minimum absolute atomic E-state index is 0.0282. The molecule has 2 aliphatic carbocycles. The molecule has 1 unspecified atom stereocenters. The van der Waals surface area contributed by atoms with Gasteiger partial charge in [0.1, 0.15) is 37.5 Å². The summed E-state index contributed by atoms with van der Waals surface area (Å²) >= 11 is 0. The lowest BCUT2D eigenvalue weighted by Crippen LogP contribution is -2.60. The Kier molecular flexibility index (Phi) is 7.28. The van der Waals surface area contributed by atoms with Gasteiger partial charge >= 0.3 is 12.1 Å². The zero-order valence-electron chi connectivity index (χ0n) is 22.7. The van der Waals surface area contributed by atoms with Gasteiger partial charge in [0.05, 0.1) is 17.8 Å². The van der Waals surface area contributed by atoms with Crippen molar-refractivity contribution in [1.82, 2.24) is 20.5 Å². The first-order valence-corrected chi connectivity index (χ1v) is 13.5. The second-order valence-corrected chi connectivity index (χ2v) is 12.2. The van der Waals surface area contributed by atoms with Gasteiger partial charge in [-0.2, -0.15) is 18.4 Å².